The van der Waals surface area contributed by atoms with E-state index in [1.807, 2.05) is 45.9 Å². The van der Waals surface area contributed by atoms with Crippen LogP contribution in [-0.4, -0.2) is 102 Å². The molecule has 320 valence electrons. The lowest BCUT2D eigenvalue weighted by atomic mass is 9.77. The third kappa shape index (κ3) is 11.0. The molecule has 11 atom stereocenters. The molecule has 0 spiro atoms. The van der Waals surface area contributed by atoms with E-state index in [9.17, 15) is 39.0 Å². The van der Waals surface area contributed by atoms with Crippen molar-refractivity contribution in [2.24, 2.45) is 17.8 Å². The Bertz CT molecular complexity index is 2030. The third-order valence-electron chi connectivity index (χ3n) is 11.3. The molecule has 3 fully saturated rings. The predicted molar refractivity (Wildman–Crippen MR) is 218 cm³/mol. The Morgan fingerprint density at radius 3 is 1.97 bits per heavy atom. The molecule has 1 amide bonds. The number of aromatic amines is 1. The van der Waals surface area contributed by atoms with Crippen molar-refractivity contribution in [1.29, 1.82) is 0 Å². The van der Waals surface area contributed by atoms with E-state index in [4.69, 9.17) is 19.3 Å². The Balaban J connectivity index is 0.000000180. The number of nitrogens with zero attached hydrogens (tertiary/aromatic N) is 2. The van der Waals surface area contributed by atoms with Crippen LogP contribution >= 0.6 is 0 Å². The molecule has 4 aliphatic heterocycles. The number of H-pyrrole nitrogens is 1. The summed E-state index contributed by atoms with van der Waals surface area (Å²) in [6, 6.07) is 11.6. The maximum atomic E-state index is 11.9. The number of ether oxygens (including phenoxy) is 3. The molecule has 0 bridgehead atoms. The Hall–Kier alpha value is -4.90. The molecular weight excluding hydrogens is 762 g/mol. The lowest BCUT2D eigenvalue weighted by Gasteiger charge is -2.32. The number of hydrogen-bond acceptors (Lipinski definition) is 12. The van der Waals surface area contributed by atoms with Crippen molar-refractivity contribution in [3.8, 4) is 0 Å². The zero-order valence-corrected chi connectivity index (χ0v) is 34.5. The van der Waals surface area contributed by atoms with Gasteiger partial charge in [0, 0.05) is 35.9 Å². The summed E-state index contributed by atoms with van der Waals surface area (Å²) < 4.78 is 18.3. The second-order valence-electron chi connectivity index (χ2n) is 15.5. The molecule has 1 aliphatic carbocycles. The van der Waals surface area contributed by atoms with E-state index in [0.29, 0.717) is 5.57 Å². The fourth-order valence-electron chi connectivity index (χ4n) is 7.44. The van der Waals surface area contributed by atoms with Gasteiger partial charge in [0.15, 0.2) is 24.0 Å². The van der Waals surface area contributed by atoms with Gasteiger partial charge in [-0.05, 0) is 44.4 Å². The van der Waals surface area contributed by atoms with Crippen LogP contribution in [-0.2, 0) is 33.4 Å². The molecule has 4 N–H and O–H groups in total. The maximum absolute atomic E-state index is 11.9. The summed E-state index contributed by atoms with van der Waals surface area (Å²) >= 11 is 0. The molecule has 5 aliphatic rings. The van der Waals surface area contributed by atoms with E-state index >= 15 is 0 Å². The molecule has 2 aromatic rings. The largest absolute Gasteiger partial charge is 0.394 e. The Morgan fingerprint density at radius 2 is 1.47 bits per heavy atom. The topological polar surface area (TPSA) is 215 Å². The van der Waals surface area contributed by atoms with E-state index < -0.39 is 59.4 Å². The number of hydrogen-bond donors (Lipinski definition) is 4. The zero-order valence-electron chi connectivity index (χ0n) is 34.5. The van der Waals surface area contributed by atoms with Crippen molar-refractivity contribution < 1.29 is 48.7 Å². The highest BCUT2D eigenvalue weighted by Crippen LogP contribution is 2.42. The van der Waals surface area contributed by atoms with Gasteiger partial charge in [-0.15, -0.1) is 0 Å². The molecule has 1 aromatic carbocycles. The lowest BCUT2D eigenvalue weighted by Crippen LogP contribution is -2.46. The lowest BCUT2D eigenvalue weighted by molar-refractivity contribution is -0.143. The van der Waals surface area contributed by atoms with Gasteiger partial charge in [-0.25, -0.2) is 4.79 Å². The van der Waals surface area contributed by atoms with Crippen molar-refractivity contribution >= 4 is 23.3 Å². The molecule has 0 saturated carbocycles. The first kappa shape index (κ1) is 46.8. The minimum absolute atomic E-state index is 0.0219. The number of Topliss-reactive ketones (excluding diaryl/α,β-unsaturated/α-hetero) is 1. The molecule has 0 radical (unpaired) electrons. The molecule has 59 heavy (non-hydrogen) atoms. The number of aryl methyl sites for hydroxylation is 1. The number of carbonyl (C=O) groups excluding carboxylic acids is 4. The van der Waals surface area contributed by atoms with Gasteiger partial charge in [0.1, 0.15) is 18.0 Å². The number of aliphatic hydroxyl groups is 3. The first-order valence-electron chi connectivity index (χ1n) is 19.8. The van der Waals surface area contributed by atoms with Crippen molar-refractivity contribution in [1.82, 2.24) is 14.5 Å². The number of allylic oxidation sites excluding steroid dienone is 2. The summed E-state index contributed by atoms with van der Waals surface area (Å²) in [6.07, 6.45) is 4.82. The fraction of sp³-hybridized carbons (Fsp3) is 0.500. The highest BCUT2D eigenvalue weighted by atomic mass is 16.5. The van der Waals surface area contributed by atoms with Gasteiger partial charge in [0.25, 0.3) is 5.56 Å². The van der Waals surface area contributed by atoms with Gasteiger partial charge in [0.05, 0.1) is 49.3 Å². The molecule has 1 aromatic heterocycles. The minimum atomic E-state index is -1.04. The Labute approximate surface area is 343 Å². The maximum Gasteiger partial charge on any atom is 0.330 e. The monoisotopic (exact) mass is 819 g/mol. The number of aromatic nitrogens is 2. The van der Waals surface area contributed by atoms with Crippen LogP contribution in [0.4, 0.5) is 0 Å². The second-order valence-corrected chi connectivity index (χ2v) is 15.5. The highest BCUT2D eigenvalue weighted by Gasteiger charge is 2.53. The summed E-state index contributed by atoms with van der Waals surface area (Å²) in [5, 5.41) is 29.2. The first-order valence-corrected chi connectivity index (χ1v) is 19.8. The van der Waals surface area contributed by atoms with Crippen LogP contribution in [0.3, 0.4) is 0 Å². The van der Waals surface area contributed by atoms with Gasteiger partial charge in [-0.1, -0.05) is 82.8 Å². The number of ketones is 3. The van der Waals surface area contributed by atoms with Crippen LogP contribution in [0, 0.1) is 24.7 Å². The van der Waals surface area contributed by atoms with Gasteiger partial charge < -0.3 is 29.5 Å². The first-order chi connectivity index (χ1) is 27.8. The summed E-state index contributed by atoms with van der Waals surface area (Å²) in [4.78, 5) is 71.8. The van der Waals surface area contributed by atoms with Gasteiger partial charge in [0.2, 0.25) is 5.91 Å². The molecule has 15 heteroatoms. The molecule has 7 rings (SSSR count). The summed E-state index contributed by atoms with van der Waals surface area (Å²) in [5.74, 6) is -1.32. The van der Waals surface area contributed by atoms with E-state index in [1.165, 1.54) is 45.6 Å². The van der Waals surface area contributed by atoms with Crippen LogP contribution in [0.15, 0.2) is 101 Å². The molecule has 15 nitrogen and oxygen atoms in total. The number of rotatable bonds is 6. The zero-order chi connectivity index (χ0) is 43.8. The number of benzene rings is 1. The summed E-state index contributed by atoms with van der Waals surface area (Å²) in [7, 11) is 0. The van der Waals surface area contributed by atoms with Gasteiger partial charge in [-0.2, -0.15) is 0 Å². The summed E-state index contributed by atoms with van der Waals surface area (Å²) in [6.45, 7) is 19.1. The van der Waals surface area contributed by atoms with Crippen molar-refractivity contribution in [2.45, 2.75) is 116 Å². The molecular formula is C44H57N3O12. The fourth-order valence-corrected chi connectivity index (χ4v) is 7.44. The SMILES string of the molecule is C=C1[C@H](N2C=CC(=O)CC2=O)O[C@H](CO)[C@H]1O.C=C1[C@H](n2ccc(=O)[nH]c2=O)O[C@H](CC)[C@H]1C.CC[C@H]1O[C@@H](C2C=CC(=O)CC2=O)[C@@](C)(O)[C@@H]1C.Cc1ccccc1. The minimum Gasteiger partial charge on any atom is -0.394 e. The number of aliphatic hydroxyl groups excluding tert-OH is 2. The van der Waals surface area contributed by atoms with E-state index in [2.05, 4.69) is 37.2 Å². The number of amides is 1. The number of nitrogens with one attached hydrogen (secondary N) is 1. The number of carbonyl (C=O) groups is 4. The van der Waals surface area contributed by atoms with Crippen LogP contribution in [0.5, 0.6) is 0 Å². The van der Waals surface area contributed by atoms with Crippen LogP contribution in [0.1, 0.15) is 72.1 Å². The van der Waals surface area contributed by atoms with Crippen LogP contribution in [0.2, 0.25) is 0 Å². The highest BCUT2D eigenvalue weighted by molar-refractivity contribution is 6.08. The van der Waals surface area contributed by atoms with Gasteiger partial charge in [-0.3, -0.25) is 38.4 Å². The van der Waals surface area contributed by atoms with Crippen molar-refractivity contribution in [3.05, 3.63) is 118 Å². The smallest absolute Gasteiger partial charge is 0.330 e. The summed E-state index contributed by atoms with van der Waals surface area (Å²) in [5.41, 5.74) is 0.582. The molecule has 1 unspecified atom stereocenters. The molecule has 3 saturated heterocycles. The van der Waals surface area contributed by atoms with E-state index in [0.717, 1.165) is 18.4 Å². The van der Waals surface area contributed by atoms with E-state index in [-0.39, 0.29) is 60.8 Å². The molecule has 5 heterocycles. The van der Waals surface area contributed by atoms with E-state index in [1.54, 1.807) is 13.0 Å². The normalized spacial score (nSPS) is 32.6. The van der Waals surface area contributed by atoms with Gasteiger partial charge >= 0.3 is 5.69 Å². The predicted octanol–water partition coefficient (Wildman–Crippen LogP) is 3.23. The third-order valence-corrected chi connectivity index (χ3v) is 11.3. The Kier molecular flexibility index (Phi) is 16.2. The van der Waals surface area contributed by atoms with Crippen LogP contribution in [0.25, 0.3) is 0 Å². The average Bonchev–Trinajstić information content (AvgIpc) is 3.74. The standard InChI is InChI=1S/C14H20O4.C12H16N2O3.C11H13NO5.C7H8/c1-4-12-8(2)14(3,17)13(18-12)10-6-5-9(15)7-11(10)16;1-4-9-7(2)8(3)11(17-9)14-6-5-10(15)13-12(14)16;1-6-10(16)8(5-13)17-11(6)12-3-2-7(14)4-9(12)15;1-7-5-3-2-4-6-7/h5-6,8,10,12-13,17H,4,7H2,1-3H3;5-7,9,11H,3-4H2,1-2H3,(H,13,15,16);2-3,8,10-11,13,16H,1,4-5H2;2-6H,1H3/t8-,10?,12-,13+,14+;7-,9+,11+;8-,10+,11-;/m101./s1. The second kappa shape index (κ2) is 20.4. The average molecular weight is 820 g/mol. The van der Waals surface area contributed by atoms with Crippen LogP contribution < -0.4 is 11.2 Å². The Morgan fingerprint density at radius 1 is 0.847 bits per heavy atom. The van der Waals surface area contributed by atoms with Crippen molar-refractivity contribution in [3.63, 3.8) is 0 Å². The van der Waals surface area contributed by atoms with Crippen molar-refractivity contribution in [2.75, 3.05) is 6.61 Å². The quantitative estimate of drug-likeness (QED) is 0.244.